The van der Waals surface area contributed by atoms with Gasteiger partial charge in [0.1, 0.15) is 12.4 Å². The van der Waals surface area contributed by atoms with Gasteiger partial charge in [0, 0.05) is 12.1 Å². The number of hydrogen-bond donors (Lipinski definition) is 2. The molecule has 0 heterocycles. The van der Waals surface area contributed by atoms with Gasteiger partial charge in [0.25, 0.3) is 5.91 Å². The van der Waals surface area contributed by atoms with E-state index in [1.54, 1.807) is 25.3 Å². The zero-order valence-electron chi connectivity index (χ0n) is 13.1. The number of rotatable bonds is 5. The Balaban J connectivity index is 2.90. The number of nitrogens with one attached hydrogen (secondary N) is 1. The SMILES string of the molecule is CCC(C)(C)CNC(=O)c1ccc(OC)c(C#CCO)c1. The highest BCUT2D eigenvalue weighted by atomic mass is 16.5. The minimum absolute atomic E-state index is 0.0711. The van der Waals surface area contributed by atoms with E-state index in [4.69, 9.17) is 9.84 Å². The van der Waals surface area contributed by atoms with Crippen molar-refractivity contribution in [3.05, 3.63) is 29.3 Å². The molecule has 0 aliphatic carbocycles. The third-order valence-corrected chi connectivity index (χ3v) is 3.45. The molecule has 1 amide bonds. The van der Waals surface area contributed by atoms with Crippen molar-refractivity contribution in [2.24, 2.45) is 5.41 Å². The molecule has 21 heavy (non-hydrogen) atoms. The summed E-state index contributed by atoms with van der Waals surface area (Å²) >= 11 is 0. The molecule has 0 aromatic heterocycles. The van der Waals surface area contributed by atoms with Crippen LogP contribution in [0, 0.1) is 17.3 Å². The summed E-state index contributed by atoms with van der Waals surface area (Å²) < 4.78 is 5.19. The Morgan fingerprint density at radius 2 is 2.14 bits per heavy atom. The third kappa shape index (κ3) is 5.13. The number of carbonyl (C=O) groups excluding carboxylic acids is 1. The molecular formula is C17H23NO3. The smallest absolute Gasteiger partial charge is 0.251 e. The Morgan fingerprint density at radius 1 is 1.43 bits per heavy atom. The number of amides is 1. The number of methoxy groups -OCH3 is 1. The molecule has 0 aliphatic heterocycles. The fourth-order valence-corrected chi connectivity index (χ4v) is 1.63. The van der Waals surface area contributed by atoms with Gasteiger partial charge in [0.15, 0.2) is 0 Å². The van der Waals surface area contributed by atoms with E-state index >= 15 is 0 Å². The van der Waals surface area contributed by atoms with Crippen LogP contribution in [0.15, 0.2) is 18.2 Å². The molecule has 4 heteroatoms. The topological polar surface area (TPSA) is 58.6 Å². The highest BCUT2D eigenvalue weighted by molar-refractivity contribution is 5.94. The van der Waals surface area contributed by atoms with Gasteiger partial charge in [-0.25, -0.2) is 0 Å². The predicted octanol–water partition coefficient (Wildman–Crippen LogP) is 2.21. The van der Waals surface area contributed by atoms with E-state index in [-0.39, 0.29) is 17.9 Å². The van der Waals surface area contributed by atoms with Crippen molar-refractivity contribution in [3.63, 3.8) is 0 Å². The number of hydrogen-bond acceptors (Lipinski definition) is 3. The molecule has 1 aromatic carbocycles. The largest absolute Gasteiger partial charge is 0.495 e. The average Bonchev–Trinajstić information content (AvgIpc) is 2.50. The summed E-state index contributed by atoms with van der Waals surface area (Å²) in [5, 5.41) is 11.7. The van der Waals surface area contributed by atoms with Gasteiger partial charge in [-0.15, -0.1) is 0 Å². The molecule has 0 spiro atoms. The Kier molecular flexibility index (Phi) is 6.26. The fraction of sp³-hybridized carbons (Fsp3) is 0.471. The molecule has 1 aromatic rings. The first-order valence-electron chi connectivity index (χ1n) is 6.99. The van der Waals surface area contributed by atoms with Gasteiger partial charge in [0.2, 0.25) is 0 Å². The van der Waals surface area contributed by atoms with Gasteiger partial charge in [0.05, 0.1) is 12.7 Å². The maximum atomic E-state index is 12.2. The zero-order chi connectivity index (χ0) is 15.9. The van der Waals surface area contributed by atoms with Gasteiger partial charge in [-0.3, -0.25) is 4.79 Å². The lowest BCUT2D eigenvalue weighted by Crippen LogP contribution is -2.33. The lowest BCUT2D eigenvalue weighted by atomic mass is 9.90. The van der Waals surface area contributed by atoms with Crippen LogP contribution < -0.4 is 10.1 Å². The number of carbonyl (C=O) groups is 1. The second-order valence-corrected chi connectivity index (χ2v) is 5.58. The van der Waals surface area contributed by atoms with Gasteiger partial charge in [-0.2, -0.15) is 0 Å². The number of aliphatic hydroxyl groups is 1. The van der Waals surface area contributed by atoms with Crippen LogP contribution in [-0.2, 0) is 0 Å². The molecule has 4 nitrogen and oxygen atoms in total. The molecule has 0 saturated carbocycles. The van der Waals surface area contributed by atoms with Crippen LogP contribution in [0.4, 0.5) is 0 Å². The van der Waals surface area contributed by atoms with Crippen molar-refractivity contribution in [1.29, 1.82) is 0 Å². The van der Waals surface area contributed by atoms with Crippen molar-refractivity contribution in [2.45, 2.75) is 27.2 Å². The van der Waals surface area contributed by atoms with Gasteiger partial charge in [-0.05, 0) is 30.0 Å². The predicted molar refractivity (Wildman–Crippen MR) is 83.4 cm³/mol. The average molecular weight is 289 g/mol. The summed E-state index contributed by atoms with van der Waals surface area (Å²) in [4.78, 5) is 12.2. The van der Waals surface area contributed by atoms with Gasteiger partial charge >= 0.3 is 0 Å². The minimum atomic E-state index is -0.232. The van der Waals surface area contributed by atoms with Crippen LogP contribution in [0.25, 0.3) is 0 Å². The van der Waals surface area contributed by atoms with Crippen LogP contribution in [0.1, 0.15) is 43.1 Å². The number of ether oxygens (including phenoxy) is 1. The van der Waals surface area contributed by atoms with Gasteiger partial charge < -0.3 is 15.2 Å². The fourth-order valence-electron chi connectivity index (χ4n) is 1.63. The molecule has 114 valence electrons. The molecule has 0 saturated heterocycles. The maximum Gasteiger partial charge on any atom is 0.251 e. The normalized spacial score (nSPS) is 10.5. The molecule has 0 atom stereocenters. The monoisotopic (exact) mass is 289 g/mol. The van der Waals surface area contributed by atoms with Crippen LogP contribution in [-0.4, -0.2) is 31.3 Å². The second kappa shape index (κ2) is 7.70. The standard InChI is InChI=1S/C17H23NO3/c1-5-17(2,3)12-18-16(20)14-8-9-15(21-4)13(11-14)7-6-10-19/h8-9,11,19H,5,10,12H2,1-4H3,(H,18,20). The number of aliphatic hydroxyl groups excluding tert-OH is 1. The van der Waals surface area contributed by atoms with E-state index in [0.717, 1.165) is 6.42 Å². The van der Waals surface area contributed by atoms with E-state index in [1.807, 2.05) is 0 Å². The number of benzene rings is 1. The molecule has 1 rings (SSSR count). The first kappa shape index (κ1) is 17.1. The Bertz CT molecular complexity index is 553. The quantitative estimate of drug-likeness (QED) is 0.817. The lowest BCUT2D eigenvalue weighted by molar-refractivity contribution is 0.0935. The first-order chi connectivity index (χ1) is 9.93. The molecule has 0 bridgehead atoms. The summed E-state index contributed by atoms with van der Waals surface area (Å²) in [5.41, 5.74) is 1.20. The van der Waals surface area contributed by atoms with Crippen LogP contribution >= 0.6 is 0 Å². The van der Waals surface area contributed by atoms with Crippen LogP contribution in [0.2, 0.25) is 0 Å². The van der Waals surface area contributed by atoms with Crippen molar-refractivity contribution in [3.8, 4) is 17.6 Å². The highest BCUT2D eigenvalue weighted by Crippen LogP contribution is 2.20. The molecule has 0 radical (unpaired) electrons. The third-order valence-electron chi connectivity index (χ3n) is 3.45. The molecule has 0 unspecified atom stereocenters. The Morgan fingerprint density at radius 3 is 2.71 bits per heavy atom. The van der Waals surface area contributed by atoms with Crippen molar-refractivity contribution in [1.82, 2.24) is 5.32 Å². The van der Waals surface area contributed by atoms with E-state index in [9.17, 15) is 4.79 Å². The minimum Gasteiger partial charge on any atom is -0.495 e. The highest BCUT2D eigenvalue weighted by Gasteiger charge is 2.17. The van der Waals surface area contributed by atoms with E-state index < -0.39 is 0 Å². The van der Waals surface area contributed by atoms with E-state index in [2.05, 4.69) is 37.9 Å². The van der Waals surface area contributed by atoms with Crippen molar-refractivity contribution >= 4 is 5.91 Å². The zero-order valence-corrected chi connectivity index (χ0v) is 13.1. The van der Waals surface area contributed by atoms with Crippen molar-refractivity contribution in [2.75, 3.05) is 20.3 Å². The molecular weight excluding hydrogens is 266 g/mol. The summed E-state index contributed by atoms with van der Waals surface area (Å²) in [6.07, 6.45) is 0.989. The molecule has 0 aliphatic rings. The molecule has 2 N–H and O–H groups in total. The summed E-state index contributed by atoms with van der Waals surface area (Å²) in [6.45, 7) is 6.71. The Hall–Kier alpha value is -1.99. The van der Waals surface area contributed by atoms with Gasteiger partial charge in [-0.1, -0.05) is 32.6 Å². The first-order valence-corrected chi connectivity index (χ1v) is 6.99. The van der Waals surface area contributed by atoms with Crippen molar-refractivity contribution < 1.29 is 14.6 Å². The summed E-state index contributed by atoms with van der Waals surface area (Å²) in [5.74, 6) is 5.80. The molecule has 0 fully saturated rings. The summed E-state index contributed by atoms with van der Waals surface area (Å²) in [6, 6.07) is 5.09. The summed E-state index contributed by atoms with van der Waals surface area (Å²) in [7, 11) is 1.54. The maximum absolute atomic E-state index is 12.2. The van der Waals surface area contributed by atoms with E-state index in [0.29, 0.717) is 23.4 Å². The lowest BCUT2D eigenvalue weighted by Gasteiger charge is -2.22. The van der Waals surface area contributed by atoms with Crippen LogP contribution in [0.5, 0.6) is 5.75 Å². The Labute approximate surface area is 126 Å². The van der Waals surface area contributed by atoms with E-state index in [1.165, 1.54) is 0 Å². The van der Waals surface area contributed by atoms with Crippen LogP contribution in [0.3, 0.4) is 0 Å². The second-order valence-electron chi connectivity index (χ2n) is 5.58.